The van der Waals surface area contributed by atoms with Crippen LogP contribution in [-0.2, 0) is 9.31 Å². The Morgan fingerprint density at radius 2 is 0.625 bits per heavy atom. The summed E-state index contributed by atoms with van der Waals surface area (Å²) in [5.41, 5.74) is 27.0. The van der Waals surface area contributed by atoms with E-state index < -0.39 is 7.12 Å². The van der Waals surface area contributed by atoms with Crippen LogP contribution in [0.25, 0.3) is 172 Å². The molecule has 2 aromatic heterocycles. The topological polar surface area (TPSA) is 98.7 Å². The van der Waals surface area contributed by atoms with Crippen molar-refractivity contribution in [3.8, 4) is 129 Å². The number of hydrogen-bond donors (Lipinski definition) is 0. The lowest BCUT2D eigenvalue weighted by Gasteiger charge is -2.32. The Bertz CT molecular complexity index is 6520. The molecule has 16 aromatic carbocycles. The van der Waals surface area contributed by atoms with Crippen molar-refractivity contribution in [1.82, 2.24) is 9.97 Å². The Labute approximate surface area is 656 Å². The van der Waals surface area contributed by atoms with Crippen LogP contribution in [0, 0.1) is 17.9 Å². The van der Waals surface area contributed by atoms with Gasteiger partial charge in [0.1, 0.15) is 11.0 Å². The van der Waals surface area contributed by atoms with Crippen LogP contribution in [0.2, 0.25) is 5.02 Å². The third-order valence-electron chi connectivity index (χ3n) is 21.4. The Hall–Kier alpha value is -13.8. The van der Waals surface area contributed by atoms with Gasteiger partial charge in [-0.1, -0.05) is 303 Å². The monoisotopic (exact) mass is 1460 g/mol. The summed E-state index contributed by atoms with van der Waals surface area (Å²) in [4.78, 5) is 13.3. The number of nitrogens with zero attached hydrogens (tertiary/aromatic N) is 4. The van der Waals surface area contributed by atoms with Crippen LogP contribution >= 0.6 is 11.6 Å². The zero-order valence-corrected chi connectivity index (χ0v) is 62.8. The van der Waals surface area contributed by atoms with E-state index in [2.05, 4.69) is 281 Å². The molecule has 18 aromatic rings. The zero-order valence-electron chi connectivity index (χ0n) is 62.0. The predicted octanol–water partition coefficient (Wildman–Crippen LogP) is 27.4. The van der Waals surface area contributed by atoms with Gasteiger partial charge in [0, 0.05) is 27.3 Å². The average molecular weight is 1460 g/mol. The maximum absolute atomic E-state index is 9.15. The highest BCUT2D eigenvalue weighted by molar-refractivity contribution is 6.65. The Kier molecular flexibility index (Phi) is 19.5. The first-order chi connectivity index (χ1) is 54.8. The van der Waals surface area contributed by atoms with Crippen LogP contribution in [0.4, 0.5) is 5.69 Å². The van der Waals surface area contributed by atoms with Gasteiger partial charge >= 0.3 is 7.12 Å². The summed E-state index contributed by atoms with van der Waals surface area (Å²) in [5, 5.41) is 14.6. The third kappa shape index (κ3) is 14.5. The molecule has 3 heterocycles. The number of oxazole rings is 2. The molecule has 1 aliphatic heterocycles. The van der Waals surface area contributed by atoms with Crippen molar-refractivity contribution >= 4 is 73.6 Å². The summed E-state index contributed by atoms with van der Waals surface area (Å²) in [6.07, 6.45) is 0. The average Bonchev–Trinajstić information content (AvgIpc) is 1.61. The lowest BCUT2D eigenvalue weighted by atomic mass is 9.75. The molecule has 0 aliphatic carbocycles. The van der Waals surface area contributed by atoms with Gasteiger partial charge in [0.15, 0.2) is 16.9 Å². The van der Waals surface area contributed by atoms with Crippen molar-refractivity contribution < 1.29 is 18.1 Å². The standard InChI is InChI=1S/C48H30N2O.C29H26BNO2.C25H16ClNO/c49-31-32-15-17-34(18-16-32)35-19-21-37(22-20-35)41-27-28-42(44-14-8-7-13-43(41)44)38-23-25-39(26-24-38)48-50-47-45(36-11-5-2-6-12-36)29-40(30-46(47)51-48)33-9-3-1-4-10-33;1-28(2)29(3,4)33-30(32-28)27-19-18-24(25-8-6-7-9-26(25)27)22-12-10-20(11-13-22)21-14-16-23(31-5)17-15-21;26-21-13-11-19(12-14-21)25-27-24-22(18-9-5-2-6-10-18)15-20(16-23(24)28-25)17-7-3-1-4-8-17/h1-30H;6-19H,1-4H3;1-16H. The molecule has 0 radical (unpaired) electrons. The van der Waals surface area contributed by atoms with Crippen LogP contribution in [-0.4, -0.2) is 28.3 Å². The van der Waals surface area contributed by atoms with Gasteiger partial charge in [0.25, 0.3) is 0 Å². The second-order valence-electron chi connectivity index (χ2n) is 28.9. The molecule has 0 atom stereocenters. The largest absolute Gasteiger partial charge is 0.495 e. The molecule has 1 aliphatic rings. The van der Waals surface area contributed by atoms with Gasteiger partial charge in [-0.3, -0.25) is 0 Å². The van der Waals surface area contributed by atoms with E-state index in [0.29, 0.717) is 28.1 Å². The summed E-state index contributed by atoms with van der Waals surface area (Å²) in [6.45, 7) is 15.5. The molecule has 0 amide bonds. The number of fused-ring (bicyclic) bond motifs is 4. The molecule has 534 valence electrons. The van der Waals surface area contributed by atoms with Crippen LogP contribution in [0.5, 0.6) is 0 Å². The molecule has 0 spiro atoms. The number of nitriles is 1. The van der Waals surface area contributed by atoms with E-state index in [4.69, 9.17) is 51.5 Å². The number of rotatable bonds is 12. The van der Waals surface area contributed by atoms with Crippen molar-refractivity contribution in [2.75, 3.05) is 0 Å². The summed E-state index contributed by atoms with van der Waals surface area (Å²) in [7, 11) is -0.394. The highest BCUT2D eigenvalue weighted by atomic mass is 35.5. The highest BCUT2D eigenvalue weighted by Crippen LogP contribution is 2.43. The third-order valence-corrected chi connectivity index (χ3v) is 21.6. The SMILES string of the molecule is Clc1ccc(-c2nc3c(-c4ccccc4)cc(-c4ccccc4)cc3o2)cc1.N#Cc1ccc(-c2ccc(-c3ccc(-c4ccc(-c5nc6c(-c7ccccc7)cc(-c7ccccc7)cc6o5)cc4)c4ccccc34)cc2)cc1.[C-]#[N+]c1ccc(-c2ccc(-c3ccc(B4OC(C)(C)C(C)(C)O4)c4ccccc34)cc2)cc1. The van der Waals surface area contributed by atoms with E-state index in [1.807, 2.05) is 121 Å². The second-order valence-corrected chi connectivity index (χ2v) is 29.3. The number of halogens is 1. The minimum Gasteiger partial charge on any atom is -0.436 e. The van der Waals surface area contributed by atoms with Crippen molar-refractivity contribution in [2.24, 2.45) is 0 Å². The van der Waals surface area contributed by atoms with Crippen LogP contribution in [0.1, 0.15) is 33.3 Å². The Morgan fingerprint density at radius 1 is 0.321 bits per heavy atom. The second kappa shape index (κ2) is 30.7. The molecule has 0 unspecified atom stereocenters. The molecular formula is C102H72BClN4O4. The van der Waals surface area contributed by atoms with Gasteiger partial charge in [-0.15, -0.1) is 0 Å². The normalized spacial score (nSPS) is 12.7. The zero-order chi connectivity index (χ0) is 76.3. The molecule has 1 fully saturated rings. The van der Waals surface area contributed by atoms with E-state index in [0.717, 1.165) is 128 Å². The lowest BCUT2D eigenvalue weighted by Crippen LogP contribution is -2.41. The van der Waals surface area contributed by atoms with E-state index >= 15 is 0 Å². The van der Waals surface area contributed by atoms with Gasteiger partial charge < -0.3 is 18.1 Å². The van der Waals surface area contributed by atoms with Crippen molar-refractivity contribution in [3.63, 3.8) is 0 Å². The Balaban J connectivity index is 0.000000129. The van der Waals surface area contributed by atoms with Gasteiger partial charge in [-0.2, -0.15) is 5.26 Å². The van der Waals surface area contributed by atoms with Gasteiger partial charge in [-0.25, -0.2) is 14.8 Å². The molecule has 0 saturated carbocycles. The van der Waals surface area contributed by atoms with Crippen molar-refractivity contribution in [1.29, 1.82) is 5.26 Å². The lowest BCUT2D eigenvalue weighted by molar-refractivity contribution is 0.00578. The summed E-state index contributed by atoms with van der Waals surface area (Å²) < 4.78 is 25.3. The fraction of sp³-hybridized carbons (Fsp3) is 0.0588. The Morgan fingerprint density at radius 3 is 1.02 bits per heavy atom. The predicted molar refractivity (Wildman–Crippen MR) is 461 cm³/mol. The fourth-order valence-corrected chi connectivity index (χ4v) is 14.8. The van der Waals surface area contributed by atoms with Crippen LogP contribution < -0.4 is 5.46 Å². The molecule has 8 nitrogen and oxygen atoms in total. The molecule has 10 heteroatoms. The first-order valence-corrected chi connectivity index (χ1v) is 37.7. The quantitative estimate of drug-likeness (QED) is 0.0887. The molecule has 0 bridgehead atoms. The van der Waals surface area contributed by atoms with E-state index in [9.17, 15) is 0 Å². The van der Waals surface area contributed by atoms with Gasteiger partial charge in [-0.05, 0) is 217 Å². The first kappa shape index (κ1) is 71.2. The summed E-state index contributed by atoms with van der Waals surface area (Å²) in [5.74, 6) is 1.19. The molecule has 0 N–H and O–H groups in total. The minimum absolute atomic E-state index is 0.375. The summed E-state index contributed by atoms with van der Waals surface area (Å²) >= 11 is 6.02. The van der Waals surface area contributed by atoms with E-state index in [1.54, 1.807) is 0 Å². The van der Waals surface area contributed by atoms with E-state index in [1.165, 1.54) is 32.8 Å². The summed E-state index contributed by atoms with van der Waals surface area (Å²) in [6, 6.07) is 127. The van der Waals surface area contributed by atoms with Gasteiger partial charge in [0.2, 0.25) is 11.8 Å². The first-order valence-electron chi connectivity index (χ1n) is 37.3. The van der Waals surface area contributed by atoms with Crippen LogP contribution in [0.3, 0.4) is 0 Å². The van der Waals surface area contributed by atoms with Crippen LogP contribution in [0.15, 0.2) is 373 Å². The smallest absolute Gasteiger partial charge is 0.436 e. The molecular weight excluding hydrogens is 1390 g/mol. The maximum Gasteiger partial charge on any atom is 0.495 e. The van der Waals surface area contributed by atoms with Gasteiger partial charge in [0.05, 0.1) is 29.4 Å². The van der Waals surface area contributed by atoms with Crippen molar-refractivity contribution in [3.05, 3.63) is 386 Å². The minimum atomic E-state index is -0.394. The number of benzene rings is 16. The maximum atomic E-state index is 9.15. The molecule has 19 rings (SSSR count). The molecule has 1 saturated heterocycles. The molecule has 112 heavy (non-hydrogen) atoms. The van der Waals surface area contributed by atoms with Crippen molar-refractivity contribution in [2.45, 2.75) is 38.9 Å². The number of aromatic nitrogens is 2. The number of hydrogen-bond acceptors (Lipinski definition) is 7. The fourth-order valence-electron chi connectivity index (χ4n) is 14.7. The highest BCUT2D eigenvalue weighted by Gasteiger charge is 2.52. The van der Waals surface area contributed by atoms with E-state index in [-0.39, 0.29) is 11.2 Å².